The van der Waals surface area contributed by atoms with E-state index in [1.165, 1.54) is 0 Å². The van der Waals surface area contributed by atoms with Crippen molar-refractivity contribution in [2.45, 2.75) is 32.4 Å². The van der Waals surface area contributed by atoms with Crippen LogP contribution in [0.5, 0.6) is 0 Å². The maximum Gasteiger partial charge on any atom is 0.237 e. The van der Waals surface area contributed by atoms with Crippen LogP contribution in [-0.2, 0) is 14.6 Å². The Morgan fingerprint density at radius 3 is 2.53 bits per heavy atom. The first-order chi connectivity index (χ1) is 8.80. The summed E-state index contributed by atoms with van der Waals surface area (Å²) >= 11 is 0. The Bertz CT molecular complexity index is 410. The number of likely N-dealkylation sites (N-methyl/N-ethyl adjacent to an activating group) is 2. The molecule has 1 aliphatic rings. The zero-order valence-corrected chi connectivity index (χ0v) is 12.7. The summed E-state index contributed by atoms with van der Waals surface area (Å²) in [6.07, 6.45) is 0.529. The monoisotopic (exact) mass is 292 g/mol. The van der Waals surface area contributed by atoms with Crippen molar-refractivity contribution < 1.29 is 18.3 Å². The van der Waals surface area contributed by atoms with Gasteiger partial charge in [0.1, 0.15) is 0 Å². The van der Waals surface area contributed by atoms with Crippen molar-refractivity contribution in [1.82, 2.24) is 9.80 Å². The molecule has 2 unspecified atom stereocenters. The number of sulfone groups is 1. The van der Waals surface area contributed by atoms with Crippen molar-refractivity contribution in [1.29, 1.82) is 0 Å². The van der Waals surface area contributed by atoms with Crippen molar-refractivity contribution in [3.05, 3.63) is 0 Å². The third kappa shape index (κ3) is 4.43. The fourth-order valence-corrected chi connectivity index (χ4v) is 3.99. The van der Waals surface area contributed by atoms with E-state index in [1.54, 1.807) is 16.8 Å². The Kier molecular flexibility index (Phi) is 5.76. The summed E-state index contributed by atoms with van der Waals surface area (Å²) in [5, 5.41) is 9.05. The topological polar surface area (TPSA) is 77.9 Å². The summed E-state index contributed by atoms with van der Waals surface area (Å²) in [4.78, 5) is 15.6. The van der Waals surface area contributed by atoms with Crippen LogP contribution in [0.2, 0.25) is 0 Å². The lowest BCUT2D eigenvalue weighted by Crippen LogP contribution is -2.47. The molecule has 0 radical (unpaired) electrons. The smallest absolute Gasteiger partial charge is 0.237 e. The molecule has 2 atom stereocenters. The second-order valence-corrected chi connectivity index (χ2v) is 7.41. The molecule has 1 heterocycles. The van der Waals surface area contributed by atoms with Gasteiger partial charge < -0.3 is 10.0 Å². The van der Waals surface area contributed by atoms with Crippen LogP contribution in [0.15, 0.2) is 0 Å². The van der Waals surface area contributed by atoms with Gasteiger partial charge in [-0.15, -0.1) is 0 Å². The lowest BCUT2D eigenvalue weighted by molar-refractivity contribution is -0.134. The van der Waals surface area contributed by atoms with Gasteiger partial charge >= 0.3 is 0 Å². The lowest BCUT2D eigenvalue weighted by Gasteiger charge is -2.30. The molecule has 0 spiro atoms. The van der Waals surface area contributed by atoms with Crippen molar-refractivity contribution in [2.75, 3.05) is 38.2 Å². The van der Waals surface area contributed by atoms with E-state index in [9.17, 15) is 13.2 Å². The number of hydrogen-bond acceptors (Lipinski definition) is 5. The molecule has 0 saturated carbocycles. The maximum absolute atomic E-state index is 12.2. The van der Waals surface area contributed by atoms with Gasteiger partial charge in [0.2, 0.25) is 5.91 Å². The van der Waals surface area contributed by atoms with Gasteiger partial charge in [-0.2, -0.15) is 0 Å². The Labute approximate surface area is 115 Å². The van der Waals surface area contributed by atoms with Crippen LogP contribution >= 0.6 is 0 Å². The molecular weight excluding hydrogens is 268 g/mol. The summed E-state index contributed by atoms with van der Waals surface area (Å²) in [6, 6.07) is -0.282. The Hall–Kier alpha value is -0.660. The first-order valence-corrected chi connectivity index (χ1v) is 8.43. The zero-order valence-electron chi connectivity index (χ0n) is 11.9. The standard InChI is InChI=1S/C12H24N2O4S/c1-4-14(11-5-6-19(17,18)9-11)12(16)7-13(3)10(2)8-15/h10-11,15H,4-9H2,1-3H3. The third-order valence-electron chi connectivity index (χ3n) is 3.71. The van der Waals surface area contributed by atoms with Gasteiger partial charge in [0.15, 0.2) is 9.84 Å². The average Bonchev–Trinajstić information content (AvgIpc) is 2.69. The van der Waals surface area contributed by atoms with E-state index in [1.807, 2.05) is 13.8 Å². The predicted octanol–water partition coefficient (Wildman–Crippen LogP) is -0.665. The molecule has 1 aliphatic heterocycles. The molecule has 1 amide bonds. The Morgan fingerprint density at radius 2 is 2.11 bits per heavy atom. The largest absolute Gasteiger partial charge is 0.395 e. The number of rotatable bonds is 6. The van der Waals surface area contributed by atoms with Crippen LogP contribution in [0.4, 0.5) is 0 Å². The van der Waals surface area contributed by atoms with Crippen LogP contribution in [-0.4, -0.2) is 79.6 Å². The molecule has 1 rings (SSSR count). The van der Waals surface area contributed by atoms with Crippen LogP contribution in [0, 0.1) is 0 Å². The molecule has 19 heavy (non-hydrogen) atoms. The maximum atomic E-state index is 12.2. The van der Waals surface area contributed by atoms with Crippen LogP contribution < -0.4 is 0 Å². The predicted molar refractivity (Wildman–Crippen MR) is 73.6 cm³/mol. The van der Waals surface area contributed by atoms with Gasteiger partial charge in [-0.05, 0) is 27.3 Å². The number of hydrogen-bond donors (Lipinski definition) is 1. The fraction of sp³-hybridized carbons (Fsp3) is 0.917. The minimum atomic E-state index is -2.98. The number of aliphatic hydroxyl groups is 1. The van der Waals surface area contributed by atoms with Gasteiger partial charge in [-0.25, -0.2) is 8.42 Å². The lowest BCUT2D eigenvalue weighted by atomic mass is 10.2. The fourth-order valence-electron chi connectivity index (χ4n) is 2.26. The van der Waals surface area contributed by atoms with Crippen LogP contribution in [0.3, 0.4) is 0 Å². The minimum absolute atomic E-state index is 0.00624. The van der Waals surface area contributed by atoms with E-state index in [0.29, 0.717) is 13.0 Å². The average molecular weight is 292 g/mol. The first-order valence-electron chi connectivity index (χ1n) is 6.61. The highest BCUT2D eigenvalue weighted by molar-refractivity contribution is 7.91. The SMILES string of the molecule is CCN(C(=O)CN(C)C(C)CO)C1CCS(=O)(=O)C1. The van der Waals surface area contributed by atoms with E-state index in [0.717, 1.165) is 0 Å². The number of carbonyl (C=O) groups excluding carboxylic acids is 1. The number of aliphatic hydroxyl groups excluding tert-OH is 1. The van der Waals surface area contributed by atoms with E-state index >= 15 is 0 Å². The summed E-state index contributed by atoms with van der Waals surface area (Å²) in [5.74, 6) is 0.170. The molecule has 1 N–H and O–H groups in total. The van der Waals surface area contributed by atoms with Gasteiger partial charge in [0.25, 0.3) is 0 Å². The molecule has 0 aromatic heterocycles. The second kappa shape index (κ2) is 6.67. The molecule has 1 saturated heterocycles. The summed E-state index contributed by atoms with van der Waals surface area (Å²) in [6.45, 7) is 4.40. The van der Waals surface area contributed by atoms with Crippen LogP contribution in [0.1, 0.15) is 20.3 Å². The third-order valence-corrected chi connectivity index (χ3v) is 5.46. The van der Waals surface area contributed by atoms with Crippen molar-refractivity contribution in [2.24, 2.45) is 0 Å². The molecule has 0 aliphatic carbocycles. The van der Waals surface area contributed by atoms with Crippen molar-refractivity contribution >= 4 is 15.7 Å². The summed E-state index contributed by atoms with van der Waals surface area (Å²) < 4.78 is 23.0. The minimum Gasteiger partial charge on any atom is -0.395 e. The first kappa shape index (κ1) is 16.4. The van der Waals surface area contributed by atoms with E-state index in [4.69, 9.17) is 5.11 Å². The van der Waals surface area contributed by atoms with Gasteiger partial charge in [0.05, 0.1) is 24.7 Å². The normalized spacial score (nSPS) is 23.5. The van der Waals surface area contributed by atoms with Gasteiger partial charge in [0, 0.05) is 18.6 Å². The van der Waals surface area contributed by atoms with Crippen LogP contribution in [0.25, 0.3) is 0 Å². The zero-order chi connectivity index (χ0) is 14.6. The Balaban J connectivity index is 2.63. The van der Waals surface area contributed by atoms with Crippen molar-refractivity contribution in [3.8, 4) is 0 Å². The Morgan fingerprint density at radius 1 is 1.47 bits per heavy atom. The number of amides is 1. The molecule has 6 nitrogen and oxygen atoms in total. The molecule has 1 fully saturated rings. The van der Waals surface area contributed by atoms with E-state index in [2.05, 4.69) is 0 Å². The molecule has 0 aromatic rings. The highest BCUT2D eigenvalue weighted by atomic mass is 32.2. The highest BCUT2D eigenvalue weighted by Gasteiger charge is 2.34. The molecule has 7 heteroatoms. The molecule has 0 aromatic carbocycles. The number of carbonyl (C=O) groups is 1. The van der Waals surface area contributed by atoms with E-state index < -0.39 is 9.84 Å². The summed E-state index contributed by atoms with van der Waals surface area (Å²) in [7, 11) is -1.21. The molecule has 112 valence electrons. The second-order valence-electron chi connectivity index (χ2n) is 5.18. The number of nitrogens with zero attached hydrogens (tertiary/aromatic N) is 2. The molecular formula is C12H24N2O4S. The van der Waals surface area contributed by atoms with Gasteiger partial charge in [-0.1, -0.05) is 0 Å². The van der Waals surface area contributed by atoms with Gasteiger partial charge in [-0.3, -0.25) is 9.69 Å². The quantitative estimate of drug-likeness (QED) is 0.703. The molecule has 0 bridgehead atoms. The van der Waals surface area contributed by atoms with Crippen molar-refractivity contribution in [3.63, 3.8) is 0 Å². The highest BCUT2D eigenvalue weighted by Crippen LogP contribution is 2.18. The van der Waals surface area contributed by atoms with E-state index in [-0.39, 0.29) is 42.6 Å². The summed E-state index contributed by atoms with van der Waals surface area (Å²) in [5.41, 5.74) is 0.